The Labute approximate surface area is 104 Å². The quantitative estimate of drug-likeness (QED) is 0.866. The number of aliphatic hydroxyl groups excluding tert-OH is 1. The topological polar surface area (TPSA) is 33.1 Å². The van der Waals surface area contributed by atoms with Crippen molar-refractivity contribution in [2.45, 2.75) is 51.6 Å². The van der Waals surface area contributed by atoms with Gasteiger partial charge in [-0.1, -0.05) is 13.3 Å². The Hall–Kier alpha value is -0.890. The van der Waals surface area contributed by atoms with Crippen LogP contribution >= 0.6 is 0 Å². The zero-order valence-corrected chi connectivity index (χ0v) is 10.7. The van der Waals surface area contributed by atoms with Gasteiger partial charge in [0.1, 0.15) is 0 Å². The fraction of sp³-hybridized carbons (Fsp3) is 0.667. The first-order chi connectivity index (χ1) is 8.29. The van der Waals surface area contributed by atoms with Crippen LogP contribution < -0.4 is 0 Å². The van der Waals surface area contributed by atoms with Gasteiger partial charge in [-0.15, -0.1) is 0 Å². The largest absolute Gasteiger partial charge is 0.393 e. The van der Waals surface area contributed by atoms with E-state index in [1.807, 2.05) is 12.4 Å². The van der Waals surface area contributed by atoms with Gasteiger partial charge in [-0.2, -0.15) is 0 Å². The maximum Gasteiger partial charge on any atom is 0.0568 e. The molecule has 0 amide bonds. The summed E-state index contributed by atoms with van der Waals surface area (Å²) in [6.45, 7) is 2.27. The number of aromatic nitrogens is 1. The molecule has 3 atom stereocenters. The van der Waals surface area contributed by atoms with Gasteiger partial charge in [0.25, 0.3) is 0 Å². The molecule has 2 rings (SSSR count). The Morgan fingerprint density at radius 2 is 2.06 bits per heavy atom. The molecule has 2 heteroatoms. The highest BCUT2D eigenvalue weighted by Crippen LogP contribution is 2.33. The molecule has 2 nitrogen and oxygen atoms in total. The van der Waals surface area contributed by atoms with E-state index in [1.165, 1.54) is 24.8 Å². The van der Waals surface area contributed by atoms with Crippen LogP contribution in [-0.4, -0.2) is 16.2 Å². The van der Waals surface area contributed by atoms with E-state index in [0.29, 0.717) is 5.92 Å². The molecule has 1 fully saturated rings. The van der Waals surface area contributed by atoms with Crippen LogP contribution in [0.1, 0.15) is 44.6 Å². The molecule has 1 aromatic rings. The average Bonchev–Trinajstić information content (AvgIpc) is 2.39. The predicted molar refractivity (Wildman–Crippen MR) is 69.7 cm³/mol. The smallest absolute Gasteiger partial charge is 0.0568 e. The van der Waals surface area contributed by atoms with Gasteiger partial charge in [0.2, 0.25) is 0 Å². The summed E-state index contributed by atoms with van der Waals surface area (Å²) in [5, 5.41) is 10.0. The molecule has 94 valence electrons. The Bertz CT molecular complexity index is 325. The predicted octanol–water partition coefficient (Wildman–Crippen LogP) is 3.20. The third kappa shape index (κ3) is 3.53. The molecule has 1 heterocycles. The number of pyridine rings is 1. The first-order valence-electron chi connectivity index (χ1n) is 6.86. The van der Waals surface area contributed by atoms with Gasteiger partial charge >= 0.3 is 0 Å². The Morgan fingerprint density at radius 3 is 2.76 bits per heavy atom. The SMILES string of the molecule is CCC1CCC(O)C(CCc2ccncc2)C1. The third-order valence-electron chi connectivity index (χ3n) is 4.18. The maximum absolute atomic E-state index is 10.0. The summed E-state index contributed by atoms with van der Waals surface area (Å²) in [5.74, 6) is 1.34. The molecule has 0 bridgehead atoms. The van der Waals surface area contributed by atoms with E-state index in [1.54, 1.807) is 0 Å². The number of rotatable bonds is 4. The standard InChI is InChI=1S/C15H23NO/c1-2-12-4-6-15(17)14(11-12)5-3-13-7-9-16-10-8-13/h7-10,12,14-15,17H,2-6,11H2,1H3. The second-order valence-corrected chi connectivity index (χ2v) is 5.31. The summed E-state index contributed by atoms with van der Waals surface area (Å²) in [6, 6.07) is 4.15. The van der Waals surface area contributed by atoms with Crippen molar-refractivity contribution in [3.05, 3.63) is 30.1 Å². The molecule has 3 unspecified atom stereocenters. The molecule has 1 saturated carbocycles. The number of aryl methyl sites for hydroxylation is 1. The zero-order chi connectivity index (χ0) is 12.1. The van der Waals surface area contributed by atoms with Gasteiger partial charge in [0, 0.05) is 12.4 Å². The number of hydrogen-bond acceptors (Lipinski definition) is 2. The second kappa shape index (κ2) is 6.15. The van der Waals surface area contributed by atoms with Gasteiger partial charge in [0.05, 0.1) is 6.10 Å². The lowest BCUT2D eigenvalue weighted by atomic mass is 9.76. The molecule has 0 saturated heterocycles. The normalized spacial score (nSPS) is 29.2. The van der Waals surface area contributed by atoms with E-state index in [2.05, 4.69) is 24.0 Å². The lowest BCUT2D eigenvalue weighted by Crippen LogP contribution is -2.29. The first kappa shape index (κ1) is 12.6. The van der Waals surface area contributed by atoms with Crippen molar-refractivity contribution in [1.29, 1.82) is 0 Å². The van der Waals surface area contributed by atoms with Crippen LogP contribution in [0.3, 0.4) is 0 Å². The third-order valence-corrected chi connectivity index (χ3v) is 4.18. The highest BCUT2D eigenvalue weighted by Gasteiger charge is 2.27. The highest BCUT2D eigenvalue weighted by molar-refractivity contribution is 5.09. The monoisotopic (exact) mass is 233 g/mol. The fourth-order valence-corrected chi connectivity index (χ4v) is 2.93. The van der Waals surface area contributed by atoms with Crippen molar-refractivity contribution < 1.29 is 5.11 Å². The molecule has 0 aromatic carbocycles. The van der Waals surface area contributed by atoms with Crippen LogP contribution in [0.15, 0.2) is 24.5 Å². The molecule has 1 aliphatic rings. The molecule has 0 radical (unpaired) electrons. The molecular weight excluding hydrogens is 210 g/mol. The van der Waals surface area contributed by atoms with Crippen LogP contribution in [0.25, 0.3) is 0 Å². The summed E-state index contributed by atoms with van der Waals surface area (Å²) >= 11 is 0. The minimum atomic E-state index is -0.0698. The first-order valence-corrected chi connectivity index (χ1v) is 6.86. The molecular formula is C15H23NO. The van der Waals surface area contributed by atoms with Gasteiger partial charge in [-0.3, -0.25) is 4.98 Å². The minimum absolute atomic E-state index is 0.0698. The summed E-state index contributed by atoms with van der Waals surface area (Å²) < 4.78 is 0. The number of hydrogen-bond donors (Lipinski definition) is 1. The molecule has 17 heavy (non-hydrogen) atoms. The highest BCUT2D eigenvalue weighted by atomic mass is 16.3. The number of aliphatic hydroxyl groups is 1. The lowest BCUT2D eigenvalue weighted by Gasteiger charge is -2.33. The molecule has 1 N–H and O–H groups in total. The van der Waals surface area contributed by atoms with Gasteiger partial charge < -0.3 is 5.11 Å². The number of nitrogens with zero attached hydrogens (tertiary/aromatic N) is 1. The van der Waals surface area contributed by atoms with Gasteiger partial charge in [-0.25, -0.2) is 0 Å². The van der Waals surface area contributed by atoms with E-state index in [4.69, 9.17) is 0 Å². The van der Waals surface area contributed by atoms with E-state index in [9.17, 15) is 5.11 Å². The Morgan fingerprint density at radius 1 is 1.29 bits per heavy atom. The van der Waals surface area contributed by atoms with Crippen molar-refractivity contribution in [3.63, 3.8) is 0 Å². The van der Waals surface area contributed by atoms with E-state index < -0.39 is 0 Å². The van der Waals surface area contributed by atoms with Crippen LogP contribution in [0, 0.1) is 11.8 Å². The van der Waals surface area contributed by atoms with Crippen LogP contribution in [-0.2, 0) is 6.42 Å². The van der Waals surface area contributed by atoms with Crippen molar-refractivity contribution in [2.75, 3.05) is 0 Å². The Balaban J connectivity index is 1.85. The summed E-state index contributed by atoms with van der Waals surface area (Å²) in [6.07, 6.45) is 10.5. The minimum Gasteiger partial charge on any atom is -0.393 e. The second-order valence-electron chi connectivity index (χ2n) is 5.31. The summed E-state index contributed by atoms with van der Waals surface area (Å²) in [5.41, 5.74) is 1.34. The van der Waals surface area contributed by atoms with Crippen molar-refractivity contribution in [3.8, 4) is 0 Å². The van der Waals surface area contributed by atoms with Crippen molar-refractivity contribution >= 4 is 0 Å². The zero-order valence-electron chi connectivity index (χ0n) is 10.7. The van der Waals surface area contributed by atoms with Gasteiger partial charge in [-0.05, 0) is 61.6 Å². The van der Waals surface area contributed by atoms with Crippen LogP contribution in [0.2, 0.25) is 0 Å². The van der Waals surface area contributed by atoms with Crippen molar-refractivity contribution in [2.24, 2.45) is 11.8 Å². The molecule has 0 aliphatic heterocycles. The Kier molecular flexibility index (Phi) is 4.55. The fourth-order valence-electron chi connectivity index (χ4n) is 2.93. The molecule has 0 spiro atoms. The van der Waals surface area contributed by atoms with E-state index >= 15 is 0 Å². The maximum atomic E-state index is 10.0. The average molecular weight is 233 g/mol. The van der Waals surface area contributed by atoms with E-state index in [-0.39, 0.29) is 6.10 Å². The van der Waals surface area contributed by atoms with E-state index in [0.717, 1.165) is 25.2 Å². The summed E-state index contributed by atoms with van der Waals surface area (Å²) in [4.78, 5) is 4.03. The summed E-state index contributed by atoms with van der Waals surface area (Å²) in [7, 11) is 0. The molecule has 1 aromatic heterocycles. The lowest BCUT2D eigenvalue weighted by molar-refractivity contribution is 0.0432. The molecule has 1 aliphatic carbocycles. The van der Waals surface area contributed by atoms with Gasteiger partial charge in [0.15, 0.2) is 0 Å². The van der Waals surface area contributed by atoms with Crippen LogP contribution in [0.4, 0.5) is 0 Å². The van der Waals surface area contributed by atoms with Crippen LogP contribution in [0.5, 0.6) is 0 Å². The van der Waals surface area contributed by atoms with Crippen molar-refractivity contribution in [1.82, 2.24) is 4.98 Å².